The van der Waals surface area contributed by atoms with E-state index in [2.05, 4.69) is 15.9 Å². The maximum Gasteiger partial charge on any atom is 0.303 e. The van der Waals surface area contributed by atoms with E-state index < -0.39 is 11.9 Å². The Bertz CT molecular complexity index is 390. The van der Waals surface area contributed by atoms with Gasteiger partial charge in [-0.3, -0.25) is 4.79 Å². The molecule has 0 atom stereocenters. The number of hydrogen-bond acceptors (Lipinski definition) is 2. The lowest BCUT2D eigenvalue weighted by Gasteiger charge is -2.13. The molecular weight excluding hydrogens is 338 g/mol. The van der Waals surface area contributed by atoms with Gasteiger partial charge in [-0.05, 0) is 34.8 Å². The molecule has 0 amide bonds. The van der Waals surface area contributed by atoms with Crippen LogP contribution in [0.2, 0.25) is 4.34 Å². The molecule has 0 saturated carbocycles. The van der Waals surface area contributed by atoms with Crippen LogP contribution in [0.1, 0.15) is 30.6 Å². The van der Waals surface area contributed by atoms with Crippen LogP contribution >= 0.6 is 38.9 Å². The Morgan fingerprint density at radius 3 is 2.65 bits per heavy atom. The van der Waals surface area contributed by atoms with E-state index in [9.17, 15) is 13.6 Å². The smallest absolute Gasteiger partial charge is 0.303 e. The van der Waals surface area contributed by atoms with E-state index in [-0.39, 0.29) is 30.6 Å². The molecule has 0 fully saturated rings. The number of aliphatic carboxylic acids is 1. The van der Waals surface area contributed by atoms with Crippen LogP contribution < -0.4 is 0 Å². The molecular formula is C10H10BrClF2O2S. The quantitative estimate of drug-likeness (QED) is 0.743. The van der Waals surface area contributed by atoms with Gasteiger partial charge in [0.1, 0.15) is 4.34 Å². The average molecular weight is 348 g/mol. The van der Waals surface area contributed by atoms with Gasteiger partial charge in [-0.1, -0.05) is 11.6 Å². The fourth-order valence-corrected chi connectivity index (χ4v) is 2.98. The van der Waals surface area contributed by atoms with E-state index in [0.717, 1.165) is 11.3 Å². The second-order valence-corrected chi connectivity index (χ2v) is 6.05. The predicted molar refractivity (Wildman–Crippen MR) is 67.0 cm³/mol. The lowest BCUT2D eigenvalue weighted by atomic mass is 10.1. The van der Waals surface area contributed by atoms with Crippen molar-refractivity contribution in [2.24, 2.45) is 0 Å². The molecule has 96 valence electrons. The highest BCUT2D eigenvalue weighted by Crippen LogP contribution is 2.42. The van der Waals surface area contributed by atoms with Crippen molar-refractivity contribution < 1.29 is 18.7 Å². The molecule has 1 aromatic heterocycles. The molecule has 0 radical (unpaired) electrons. The topological polar surface area (TPSA) is 37.3 Å². The predicted octanol–water partition coefficient (Wildman–Crippen LogP) is 4.90. The van der Waals surface area contributed by atoms with Gasteiger partial charge in [0, 0.05) is 17.3 Å². The van der Waals surface area contributed by atoms with Crippen molar-refractivity contribution in [2.45, 2.75) is 31.6 Å². The Balaban J connectivity index is 2.53. The van der Waals surface area contributed by atoms with Crippen molar-refractivity contribution in [3.8, 4) is 0 Å². The van der Waals surface area contributed by atoms with E-state index >= 15 is 0 Å². The van der Waals surface area contributed by atoms with Gasteiger partial charge in [0.25, 0.3) is 5.92 Å². The number of thiophene rings is 1. The molecule has 17 heavy (non-hydrogen) atoms. The van der Waals surface area contributed by atoms with Gasteiger partial charge in [0.05, 0.1) is 4.88 Å². The lowest BCUT2D eigenvalue weighted by molar-refractivity contribution is -0.137. The molecule has 0 aliphatic heterocycles. The second-order valence-electron chi connectivity index (χ2n) is 3.54. The Labute approximate surface area is 115 Å². The van der Waals surface area contributed by atoms with E-state index in [0.29, 0.717) is 8.81 Å². The lowest BCUT2D eigenvalue weighted by Crippen LogP contribution is -2.11. The first-order chi connectivity index (χ1) is 7.83. The molecule has 0 aliphatic carbocycles. The first-order valence-electron chi connectivity index (χ1n) is 4.88. The molecule has 0 unspecified atom stereocenters. The first kappa shape index (κ1) is 14.9. The monoisotopic (exact) mass is 346 g/mol. The van der Waals surface area contributed by atoms with E-state index in [1.165, 1.54) is 6.07 Å². The summed E-state index contributed by atoms with van der Waals surface area (Å²) in [5.74, 6) is -3.91. The van der Waals surface area contributed by atoms with Crippen molar-refractivity contribution in [3.05, 3.63) is 19.8 Å². The summed E-state index contributed by atoms with van der Waals surface area (Å²) in [6.07, 6.45) is -0.00777. The average Bonchev–Trinajstić information content (AvgIpc) is 2.55. The highest BCUT2D eigenvalue weighted by Gasteiger charge is 2.33. The van der Waals surface area contributed by atoms with Gasteiger partial charge >= 0.3 is 5.97 Å². The van der Waals surface area contributed by atoms with Crippen LogP contribution in [0.25, 0.3) is 0 Å². The molecule has 7 heteroatoms. The zero-order valence-electron chi connectivity index (χ0n) is 8.68. The van der Waals surface area contributed by atoms with Crippen molar-refractivity contribution in [3.63, 3.8) is 0 Å². The number of rotatable bonds is 6. The zero-order valence-corrected chi connectivity index (χ0v) is 11.8. The fraction of sp³-hybridized carbons (Fsp3) is 0.500. The molecule has 0 aliphatic rings. The van der Waals surface area contributed by atoms with Crippen LogP contribution in [0, 0.1) is 0 Å². The highest BCUT2D eigenvalue weighted by atomic mass is 79.9. The minimum atomic E-state index is -2.95. The highest BCUT2D eigenvalue weighted by molar-refractivity contribution is 9.10. The third-order valence-corrected chi connectivity index (χ3v) is 4.72. The van der Waals surface area contributed by atoms with Crippen LogP contribution in [0.4, 0.5) is 8.78 Å². The van der Waals surface area contributed by atoms with Gasteiger partial charge in [-0.2, -0.15) is 0 Å². The number of carbonyl (C=O) groups is 1. The van der Waals surface area contributed by atoms with Crippen LogP contribution in [0.3, 0.4) is 0 Å². The molecule has 1 heterocycles. The van der Waals surface area contributed by atoms with E-state index in [4.69, 9.17) is 16.7 Å². The van der Waals surface area contributed by atoms with Crippen LogP contribution in [-0.2, 0) is 10.7 Å². The molecule has 2 nitrogen and oxygen atoms in total. The molecule has 0 spiro atoms. The maximum absolute atomic E-state index is 13.7. The largest absolute Gasteiger partial charge is 0.481 e. The van der Waals surface area contributed by atoms with Gasteiger partial charge in [0.2, 0.25) is 0 Å². The summed E-state index contributed by atoms with van der Waals surface area (Å²) in [5.41, 5.74) is 0. The van der Waals surface area contributed by atoms with E-state index in [1.807, 2.05) is 0 Å². The Kier molecular flexibility index (Phi) is 5.34. The number of carboxylic acids is 1. The summed E-state index contributed by atoms with van der Waals surface area (Å²) in [6.45, 7) is 0. The minimum Gasteiger partial charge on any atom is -0.481 e. The van der Waals surface area contributed by atoms with Crippen LogP contribution in [-0.4, -0.2) is 11.1 Å². The van der Waals surface area contributed by atoms with Gasteiger partial charge in [0.15, 0.2) is 0 Å². The maximum atomic E-state index is 13.7. The van der Waals surface area contributed by atoms with Crippen LogP contribution in [0.5, 0.6) is 0 Å². The molecule has 0 bridgehead atoms. The Hall–Kier alpha value is -0.200. The van der Waals surface area contributed by atoms with Gasteiger partial charge in [-0.15, -0.1) is 11.3 Å². The van der Waals surface area contributed by atoms with Crippen molar-refractivity contribution in [1.82, 2.24) is 0 Å². The summed E-state index contributed by atoms with van der Waals surface area (Å²) in [4.78, 5) is 10.1. The first-order valence-corrected chi connectivity index (χ1v) is 6.86. The summed E-state index contributed by atoms with van der Waals surface area (Å²) < 4.78 is 28.1. The summed E-state index contributed by atoms with van der Waals surface area (Å²) >= 11 is 9.61. The SMILES string of the molecule is O=C(O)CCCCC(F)(F)c1cc(Br)c(Cl)s1. The normalized spacial score (nSPS) is 11.8. The zero-order chi connectivity index (χ0) is 13.1. The second kappa shape index (κ2) is 6.11. The molecule has 0 aromatic carbocycles. The molecule has 0 saturated heterocycles. The van der Waals surface area contributed by atoms with Gasteiger partial charge < -0.3 is 5.11 Å². The third kappa shape index (κ3) is 4.52. The summed E-state index contributed by atoms with van der Waals surface area (Å²) in [5, 5.41) is 8.39. The van der Waals surface area contributed by atoms with Crippen molar-refractivity contribution in [2.75, 3.05) is 0 Å². The fourth-order valence-electron chi connectivity index (χ4n) is 1.27. The molecule has 1 rings (SSSR count). The number of halogens is 4. The summed E-state index contributed by atoms with van der Waals surface area (Å²) in [7, 11) is 0. The minimum absolute atomic E-state index is 0.0784. The molecule has 1 aromatic rings. The number of unbranched alkanes of at least 4 members (excludes halogenated alkanes) is 1. The van der Waals surface area contributed by atoms with Crippen molar-refractivity contribution in [1.29, 1.82) is 0 Å². The standard InChI is InChI=1S/C10H10BrClF2O2S/c11-6-5-7(17-9(6)12)10(13,14)4-2-1-3-8(15)16/h5H,1-4H2,(H,15,16). The third-order valence-electron chi connectivity index (χ3n) is 2.14. The van der Waals surface area contributed by atoms with E-state index in [1.54, 1.807) is 0 Å². The number of hydrogen-bond donors (Lipinski definition) is 1. The summed E-state index contributed by atoms with van der Waals surface area (Å²) in [6, 6.07) is 1.31. The Morgan fingerprint density at radius 1 is 1.53 bits per heavy atom. The van der Waals surface area contributed by atoms with Crippen LogP contribution in [0.15, 0.2) is 10.5 Å². The number of carboxylic acid groups (broad SMARTS) is 1. The van der Waals surface area contributed by atoms with Gasteiger partial charge in [-0.25, -0.2) is 8.78 Å². The Morgan fingerprint density at radius 2 is 2.18 bits per heavy atom. The number of alkyl halides is 2. The van der Waals surface area contributed by atoms with Crippen molar-refractivity contribution >= 4 is 44.8 Å². The molecule has 1 N–H and O–H groups in total.